The molecule has 27 heavy (non-hydrogen) atoms. The number of halogens is 2. The minimum absolute atomic E-state index is 0.0757. The predicted molar refractivity (Wildman–Crippen MR) is 100 cm³/mol. The van der Waals surface area contributed by atoms with Crippen LogP contribution in [-0.4, -0.2) is 5.97 Å². The standard InChI is InChI=1S/C22H17F2NO2/c1-14(27-16(3)26)4-10-20(15(2)23)19-9-11-21(22(24)12-19)18-7-5-17(13-25)6-8-18/h4-12H,2H2,1,3H3/b14-4+,20-10+. The van der Waals surface area contributed by atoms with Gasteiger partial charge in [0.2, 0.25) is 0 Å². The average molecular weight is 365 g/mol. The van der Waals surface area contributed by atoms with E-state index >= 15 is 0 Å². The van der Waals surface area contributed by atoms with Crippen molar-refractivity contribution in [3.05, 3.63) is 89.7 Å². The molecule has 3 nitrogen and oxygen atoms in total. The zero-order chi connectivity index (χ0) is 20.0. The van der Waals surface area contributed by atoms with Crippen LogP contribution in [0.15, 0.2) is 72.8 Å². The maximum atomic E-state index is 14.6. The van der Waals surface area contributed by atoms with Crippen molar-refractivity contribution in [1.29, 1.82) is 5.26 Å². The number of nitrogens with zero attached hydrogens (tertiary/aromatic N) is 1. The summed E-state index contributed by atoms with van der Waals surface area (Å²) in [6.45, 7) is 6.08. The Morgan fingerprint density at radius 1 is 1.15 bits per heavy atom. The Morgan fingerprint density at radius 3 is 2.33 bits per heavy atom. The third-order valence-electron chi connectivity index (χ3n) is 3.69. The molecule has 0 atom stereocenters. The van der Waals surface area contributed by atoms with Crippen LogP contribution in [0.1, 0.15) is 25.0 Å². The highest BCUT2D eigenvalue weighted by atomic mass is 19.1. The molecule has 2 rings (SSSR count). The molecule has 0 fully saturated rings. The second-order valence-electron chi connectivity index (χ2n) is 5.74. The summed E-state index contributed by atoms with van der Waals surface area (Å²) in [5.74, 6) is -1.50. The van der Waals surface area contributed by atoms with Crippen molar-refractivity contribution >= 4 is 11.5 Å². The Morgan fingerprint density at radius 2 is 1.81 bits per heavy atom. The van der Waals surface area contributed by atoms with Crippen LogP contribution in [0, 0.1) is 17.1 Å². The molecule has 0 amide bonds. The van der Waals surface area contributed by atoms with Crippen LogP contribution in [0.25, 0.3) is 16.7 Å². The van der Waals surface area contributed by atoms with E-state index < -0.39 is 17.6 Å². The van der Waals surface area contributed by atoms with Gasteiger partial charge in [0, 0.05) is 18.1 Å². The summed E-state index contributed by atoms with van der Waals surface area (Å²) in [5.41, 5.74) is 1.78. The third kappa shape index (κ3) is 5.23. The number of hydrogen-bond acceptors (Lipinski definition) is 3. The van der Waals surface area contributed by atoms with E-state index in [1.54, 1.807) is 37.3 Å². The Balaban J connectivity index is 2.39. The van der Waals surface area contributed by atoms with Crippen molar-refractivity contribution in [3.63, 3.8) is 0 Å². The zero-order valence-corrected chi connectivity index (χ0v) is 14.9. The number of nitriles is 1. The van der Waals surface area contributed by atoms with Gasteiger partial charge in [0.1, 0.15) is 17.4 Å². The number of benzene rings is 2. The van der Waals surface area contributed by atoms with Gasteiger partial charge in [-0.2, -0.15) is 5.26 Å². The van der Waals surface area contributed by atoms with Gasteiger partial charge in [-0.05, 0) is 48.4 Å². The van der Waals surface area contributed by atoms with Gasteiger partial charge in [-0.15, -0.1) is 0 Å². The van der Waals surface area contributed by atoms with Gasteiger partial charge < -0.3 is 4.74 Å². The van der Waals surface area contributed by atoms with Crippen molar-refractivity contribution in [3.8, 4) is 17.2 Å². The van der Waals surface area contributed by atoms with Crippen LogP contribution in [-0.2, 0) is 9.53 Å². The normalized spacial score (nSPS) is 11.7. The fraction of sp³-hybridized carbons (Fsp3) is 0.0909. The molecule has 0 saturated carbocycles. The zero-order valence-electron chi connectivity index (χ0n) is 14.9. The van der Waals surface area contributed by atoms with E-state index in [0.717, 1.165) is 0 Å². The molecule has 136 valence electrons. The van der Waals surface area contributed by atoms with Gasteiger partial charge in [0.25, 0.3) is 0 Å². The fourth-order valence-corrected chi connectivity index (χ4v) is 2.45. The number of carbonyl (C=O) groups is 1. The maximum absolute atomic E-state index is 14.6. The smallest absolute Gasteiger partial charge is 0.307 e. The first-order valence-electron chi connectivity index (χ1n) is 8.04. The average Bonchev–Trinajstić information content (AvgIpc) is 2.61. The van der Waals surface area contributed by atoms with Gasteiger partial charge >= 0.3 is 5.97 Å². The summed E-state index contributed by atoms with van der Waals surface area (Å²) in [7, 11) is 0. The molecule has 5 heteroatoms. The summed E-state index contributed by atoms with van der Waals surface area (Å²) >= 11 is 0. The first-order valence-corrected chi connectivity index (χ1v) is 8.04. The van der Waals surface area contributed by atoms with Crippen molar-refractivity contribution in [2.24, 2.45) is 0 Å². The van der Waals surface area contributed by atoms with Crippen LogP contribution in [0.4, 0.5) is 8.78 Å². The largest absolute Gasteiger partial charge is 0.432 e. The van der Waals surface area contributed by atoms with Crippen molar-refractivity contribution in [2.45, 2.75) is 13.8 Å². The molecular weight excluding hydrogens is 348 g/mol. The number of rotatable bonds is 5. The van der Waals surface area contributed by atoms with E-state index in [0.29, 0.717) is 22.3 Å². The third-order valence-corrected chi connectivity index (χ3v) is 3.69. The number of ether oxygens (including phenoxy) is 1. The van der Waals surface area contributed by atoms with Crippen LogP contribution >= 0.6 is 0 Å². The Kier molecular flexibility index (Phi) is 6.40. The summed E-state index contributed by atoms with van der Waals surface area (Å²) < 4.78 is 33.3. The maximum Gasteiger partial charge on any atom is 0.307 e. The summed E-state index contributed by atoms with van der Waals surface area (Å²) in [4.78, 5) is 10.9. The molecule has 0 aliphatic carbocycles. The number of allylic oxidation sites excluding steroid dienone is 5. The Bertz CT molecular complexity index is 980. The molecule has 0 aliphatic heterocycles. The van der Waals surface area contributed by atoms with Crippen molar-refractivity contribution < 1.29 is 18.3 Å². The lowest BCUT2D eigenvalue weighted by Crippen LogP contribution is -1.95. The van der Waals surface area contributed by atoms with Crippen LogP contribution in [0.2, 0.25) is 0 Å². The summed E-state index contributed by atoms with van der Waals surface area (Å²) in [5, 5.41) is 8.83. The first-order chi connectivity index (χ1) is 12.8. The van der Waals surface area contributed by atoms with E-state index in [1.807, 2.05) is 6.07 Å². The number of carbonyl (C=O) groups excluding carboxylic acids is 1. The molecule has 0 heterocycles. The molecule has 2 aromatic carbocycles. The Hall–Kier alpha value is -3.52. The van der Waals surface area contributed by atoms with E-state index in [1.165, 1.54) is 31.2 Å². The van der Waals surface area contributed by atoms with E-state index in [2.05, 4.69) is 6.58 Å². The molecule has 2 aromatic rings. The molecule has 0 saturated heterocycles. The highest BCUT2D eigenvalue weighted by Gasteiger charge is 2.11. The van der Waals surface area contributed by atoms with Crippen LogP contribution < -0.4 is 0 Å². The Labute approximate surface area is 156 Å². The molecule has 0 radical (unpaired) electrons. The van der Waals surface area contributed by atoms with Crippen molar-refractivity contribution in [1.82, 2.24) is 0 Å². The lowest BCUT2D eigenvalue weighted by Gasteiger charge is -2.09. The van der Waals surface area contributed by atoms with E-state index in [4.69, 9.17) is 10.00 Å². The second-order valence-corrected chi connectivity index (χ2v) is 5.74. The van der Waals surface area contributed by atoms with Gasteiger partial charge in [-0.1, -0.05) is 30.8 Å². The summed E-state index contributed by atoms with van der Waals surface area (Å²) in [6, 6.07) is 12.8. The molecule has 0 spiro atoms. The predicted octanol–water partition coefficient (Wildman–Crippen LogP) is 5.70. The minimum Gasteiger partial charge on any atom is -0.432 e. The highest BCUT2D eigenvalue weighted by Crippen LogP contribution is 2.29. The number of esters is 1. The van der Waals surface area contributed by atoms with E-state index in [9.17, 15) is 13.6 Å². The van der Waals surface area contributed by atoms with E-state index in [-0.39, 0.29) is 11.3 Å². The topological polar surface area (TPSA) is 50.1 Å². The monoisotopic (exact) mass is 365 g/mol. The SMILES string of the molecule is C=C(F)/C(=C\C=C(/C)OC(C)=O)c1ccc(-c2ccc(C#N)cc2)c(F)c1. The molecule has 0 bridgehead atoms. The first kappa shape index (κ1) is 19.8. The van der Waals surface area contributed by atoms with Crippen molar-refractivity contribution in [2.75, 3.05) is 0 Å². The second kappa shape index (κ2) is 8.72. The van der Waals surface area contributed by atoms with Gasteiger partial charge in [0.15, 0.2) is 0 Å². The molecular formula is C22H17F2NO2. The fourth-order valence-electron chi connectivity index (χ4n) is 2.45. The quantitative estimate of drug-likeness (QED) is 0.388. The molecule has 0 N–H and O–H groups in total. The molecule has 0 unspecified atom stereocenters. The van der Waals surface area contributed by atoms with Gasteiger partial charge in [0.05, 0.1) is 11.6 Å². The minimum atomic E-state index is -0.743. The van der Waals surface area contributed by atoms with Crippen LogP contribution in [0.3, 0.4) is 0 Å². The summed E-state index contributed by atoms with van der Waals surface area (Å²) in [6.07, 6.45) is 2.78. The van der Waals surface area contributed by atoms with Gasteiger partial charge in [-0.25, -0.2) is 8.78 Å². The highest BCUT2D eigenvalue weighted by molar-refractivity contribution is 5.79. The van der Waals surface area contributed by atoms with Gasteiger partial charge in [-0.3, -0.25) is 4.79 Å². The number of hydrogen-bond donors (Lipinski definition) is 0. The lowest BCUT2D eigenvalue weighted by atomic mass is 9.98. The van der Waals surface area contributed by atoms with Crippen LogP contribution in [0.5, 0.6) is 0 Å². The lowest BCUT2D eigenvalue weighted by molar-refractivity contribution is -0.136. The molecule has 0 aromatic heterocycles. The molecule has 0 aliphatic rings.